The van der Waals surface area contributed by atoms with Gasteiger partial charge in [0.2, 0.25) is 0 Å². The Hall–Kier alpha value is -2.44. The van der Waals surface area contributed by atoms with Gasteiger partial charge in [-0.15, -0.1) is 0 Å². The number of halogens is 5. The molecular formula is C28H33F5O2. The van der Waals surface area contributed by atoms with E-state index >= 15 is 8.78 Å². The Labute approximate surface area is 203 Å². The first-order chi connectivity index (χ1) is 16.7. The van der Waals surface area contributed by atoms with Crippen LogP contribution in [0.2, 0.25) is 0 Å². The molecule has 1 N–H and O–H groups in total. The maximum atomic E-state index is 15.5. The summed E-state index contributed by atoms with van der Waals surface area (Å²) < 4.78 is 71.6. The Kier molecular flexibility index (Phi) is 9.70. The van der Waals surface area contributed by atoms with Crippen LogP contribution >= 0.6 is 0 Å². The Morgan fingerprint density at radius 3 is 2.37 bits per heavy atom. The van der Waals surface area contributed by atoms with E-state index in [1.54, 1.807) is 0 Å². The fourth-order valence-electron chi connectivity index (χ4n) is 5.26. The zero-order valence-electron chi connectivity index (χ0n) is 20.0. The normalized spacial score (nSPS) is 21.1. The topological polar surface area (TPSA) is 37.3 Å². The molecule has 35 heavy (non-hydrogen) atoms. The molecule has 0 heterocycles. The fraction of sp³-hybridized carbons (Fsp3) is 0.536. The minimum atomic E-state index is -1.66. The maximum Gasteiger partial charge on any atom is 0.335 e. The van der Waals surface area contributed by atoms with Gasteiger partial charge in [-0.1, -0.05) is 57.6 Å². The highest BCUT2D eigenvalue weighted by Gasteiger charge is 2.36. The van der Waals surface area contributed by atoms with E-state index in [1.165, 1.54) is 31.0 Å². The molecule has 1 saturated carbocycles. The summed E-state index contributed by atoms with van der Waals surface area (Å²) in [6.07, 6.45) is 4.60. The molecule has 0 bridgehead atoms. The highest BCUT2D eigenvalue weighted by Crippen LogP contribution is 2.39. The number of carboxylic acid groups (broad SMARTS) is 1. The first-order valence-corrected chi connectivity index (χ1v) is 12.5. The van der Waals surface area contributed by atoms with Gasteiger partial charge in [0.15, 0.2) is 17.5 Å². The number of alkyl halides is 2. The van der Waals surface area contributed by atoms with Crippen molar-refractivity contribution in [1.29, 1.82) is 0 Å². The van der Waals surface area contributed by atoms with Gasteiger partial charge in [0.25, 0.3) is 0 Å². The van der Waals surface area contributed by atoms with E-state index in [0.717, 1.165) is 44.2 Å². The molecule has 7 heteroatoms. The second-order valence-corrected chi connectivity index (χ2v) is 9.67. The van der Waals surface area contributed by atoms with Crippen molar-refractivity contribution in [1.82, 2.24) is 0 Å². The van der Waals surface area contributed by atoms with Crippen molar-refractivity contribution in [2.24, 2.45) is 11.8 Å². The molecule has 1 fully saturated rings. The highest BCUT2D eigenvalue weighted by atomic mass is 19.2. The number of unbranched alkanes of at least 4 members (excludes halogenated alkanes) is 4. The van der Waals surface area contributed by atoms with Gasteiger partial charge in [-0.3, -0.25) is 0 Å². The lowest BCUT2D eigenvalue weighted by molar-refractivity contribution is 0.0591. The monoisotopic (exact) mass is 496 g/mol. The number of hydrogen-bond acceptors (Lipinski definition) is 1. The van der Waals surface area contributed by atoms with Crippen molar-refractivity contribution in [2.75, 3.05) is 0 Å². The Morgan fingerprint density at radius 1 is 1.06 bits per heavy atom. The third kappa shape index (κ3) is 6.83. The molecule has 0 aliphatic heterocycles. The largest absolute Gasteiger partial charge is 0.478 e. The molecule has 0 saturated heterocycles. The predicted octanol–water partition coefficient (Wildman–Crippen LogP) is 8.46. The van der Waals surface area contributed by atoms with E-state index in [-0.39, 0.29) is 28.2 Å². The van der Waals surface area contributed by atoms with Crippen LogP contribution in [-0.4, -0.2) is 23.4 Å². The number of carbonyl (C=O) groups is 1. The second-order valence-electron chi connectivity index (χ2n) is 9.67. The molecule has 2 unspecified atom stereocenters. The van der Waals surface area contributed by atoms with Crippen LogP contribution in [0.3, 0.4) is 0 Å². The van der Waals surface area contributed by atoms with Gasteiger partial charge in [0, 0.05) is 12.3 Å². The van der Waals surface area contributed by atoms with E-state index < -0.39 is 48.1 Å². The maximum absolute atomic E-state index is 15.5. The van der Waals surface area contributed by atoms with E-state index in [4.69, 9.17) is 0 Å². The molecule has 0 amide bonds. The third-order valence-corrected chi connectivity index (χ3v) is 7.21. The standard InChI is InChI=1S/C28H33F5O2/c1-2-3-4-5-6-8-17-11-12-21(23(29)13-17)24(30)16-22-19(9-7-10-20(22)28(34)35)18-14-25(31)27(33)26(32)15-18/h7,9-10,14-15,17,21,23-24H,2-6,8,11-13,16H2,1H3,(H,34,35)/t17-,21-,23?,24?/m0/s1. The molecular weight excluding hydrogens is 463 g/mol. The summed E-state index contributed by atoms with van der Waals surface area (Å²) >= 11 is 0. The van der Waals surface area contributed by atoms with Gasteiger partial charge in [0.05, 0.1) is 5.56 Å². The van der Waals surface area contributed by atoms with Crippen LogP contribution in [0.4, 0.5) is 22.0 Å². The van der Waals surface area contributed by atoms with Crippen molar-refractivity contribution in [2.45, 2.75) is 83.5 Å². The van der Waals surface area contributed by atoms with Gasteiger partial charge in [-0.05, 0) is 60.1 Å². The lowest BCUT2D eigenvalue weighted by atomic mass is 9.75. The van der Waals surface area contributed by atoms with Crippen LogP contribution < -0.4 is 0 Å². The summed E-state index contributed by atoms with van der Waals surface area (Å²) in [4.78, 5) is 11.8. The molecule has 2 nitrogen and oxygen atoms in total. The van der Waals surface area contributed by atoms with Crippen molar-refractivity contribution in [3.63, 3.8) is 0 Å². The minimum absolute atomic E-state index is 0.0168. The van der Waals surface area contributed by atoms with Gasteiger partial charge in [-0.2, -0.15) is 0 Å². The number of rotatable bonds is 11. The minimum Gasteiger partial charge on any atom is -0.478 e. The van der Waals surface area contributed by atoms with E-state index in [0.29, 0.717) is 12.8 Å². The lowest BCUT2D eigenvalue weighted by Crippen LogP contribution is -2.34. The molecule has 0 spiro atoms. The van der Waals surface area contributed by atoms with E-state index in [2.05, 4.69) is 6.92 Å². The van der Waals surface area contributed by atoms with Crippen molar-refractivity contribution in [3.8, 4) is 11.1 Å². The molecule has 4 atom stereocenters. The second kappa shape index (κ2) is 12.5. The van der Waals surface area contributed by atoms with Crippen LogP contribution in [0.5, 0.6) is 0 Å². The quantitative estimate of drug-likeness (QED) is 0.192. The summed E-state index contributed by atoms with van der Waals surface area (Å²) in [6.45, 7) is 2.15. The summed E-state index contributed by atoms with van der Waals surface area (Å²) in [7, 11) is 0. The molecule has 3 rings (SSSR count). The van der Waals surface area contributed by atoms with E-state index in [1.807, 2.05) is 0 Å². The molecule has 2 aromatic rings. The molecule has 192 valence electrons. The highest BCUT2D eigenvalue weighted by molar-refractivity contribution is 5.92. The summed E-state index contributed by atoms with van der Waals surface area (Å²) in [6, 6.07) is 5.55. The number of aromatic carboxylic acids is 1. The molecule has 1 aliphatic carbocycles. The zero-order valence-corrected chi connectivity index (χ0v) is 20.0. The average Bonchev–Trinajstić information content (AvgIpc) is 2.82. The van der Waals surface area contributed by atoms with Crippen LogP contribution in [0, 0.1) is 29.3 Å². The average molecular weight is 497 g/mol. The van der Waals surface area contributed by atoms with Gasteiger partial charge in [-0.25, -0.2) is 26.7 Å². The van der Waals surface area contributed by atoms with Gasteiger partial charge < -0.3 is 5.11 Å². The summed E-state index contributed by atoms with van der Waals surface area (Å²) in [5, 5.41) is 9.63. The number of benzene rings is 2. The predicted molar refractivity (Wildman–Crippen MR) is 126 cm³/mol. The third-order valence-electron chi connectivity index (χ3n) is 7.21. The summed E-state index contributed by atoms with van der Waals surface area (Å²) in [5.74, 6) is -6.48. The molecule has 0 radical (unpaired) electrons. The van der Waals surface area contributed by atoms with Crippen LogP contribution in [0.15, 0.2) is 30.3 Å². The lowest BCUT2D eigenvalue weighted by Gasteiger charge is -2.34. The van der Waals surface area contributed by atoms with Crippen LogP contribution in [0.1, 0.15) is 80.6 Å². The van der Waals surface area contributed by atoms with E-state index in [9.17, 15) is 23.1 Å². The summed E-state index contributed by atoms with van der Waals surface area (Å²) in [5.41, 5.74) is -0.230. The SMILES string of the molecule is CCCCCCC[C@H]1CC[C@H](C(F)Cc2c(C(=O)O)cccc2-c2cc(F)c(F)c(F)c2)C(F)C1. The van der Waals surface area contributed by atoms with Gasteiger partial charge >= 0.3 is 5.97 Å². The smallest absolute Gasteiger partial charge is 0.335 e. The Bertz CT molecular complexity index is 986. The number of carboxylic acids is 1. The van der Waals surface area contributed by atoms with Gasteiger partial charge in [0.1, 0.15) is 12.3 Å². The Balaban J connectivity index is 1.76. The molecule has 2 aromatic carbocycles. The molecule has 1 aliphatic rings. The number of hydrogen-bond donors (Lipinski definition) is 1. The fourth-order valence-corrected chi connectivity index (χ4v) is 5.26. The Morgan fingerprint density at radius 2 is 1.74 bits per heavy atom. The zero-order chi connectivity index (χ0) is 25.5. The van der Waals surface area contributed by atoms with Crippen molar-refractivity contribution >= 4 is 5.97 Å². The first-order valence-electron chi connectivity index (χ1n) is 12.5. The van der Waals surface area contributed by atoms with Crippen LogP contribution in [-0.2, 0) is 6.42 Å². The molecule has 0 aromatic heterocycles. The van der Waals surface area contributed by atoms with Crippen molar-refractivity contribution in [3.05, 3.63) is 58.9 Å². The first kappa shape index (κ1) is 27.2. The van der Waals surface area contributed by atoms with Crippen molar-refractivity contribution < 1.29 is 31.9 Å². The van der Waals surface area contributed by atoms with Crippen LogP contribution in [0.25, 0.3) is 11.1 Å².